The van der Waals surface area contributed by atoms with Crippen molar-refractivity contribution >= 4 is 33.4 Å². The maximum Gasteiger partial charge on any atom is 0.344 e. The van der Waals surface area contributed by atoms with Gasteiger partial charge in [0.05, 0.1) is 10.5 Å². The van der Waals surface area contributed by atoms with Crippen LogP contribution >= 0.6 is 11.6 Å². The lowest BCUT2D eigenvalue weighted by molar-refractivity contribution is 0.0727. The average molecular weight is 434 g/mol. The van der Waals surface area contributed by atoms with Crippen LogP contribution in [0.15, 0.2) is 59.5 Å². The molecule has 1 aromatic heterocycles. The smallest absolute Gasteiger partial charge is 0.344 e. The predicted octanol–water partition coefficient (Wildman–Crippen LogP) is 3.87. The number of nitrogens with zero attached hydrogens (tertiary/aromatic N) is 2. The van der Waals surface area contributed by atoms with Crippen molar-refractivity contribution in [1.29, 1.82) is 0 Å². The van der Waals surface area contributed by atoms with Gasteiger partial charge in [0.2, 0.25) is 5.88 Å². The van der Waals surface area contributed by atoms with E-state index in [0.29, 0.717) is 14.7 Å². The number of esters is 1. The first kappa shape index (κ1) is 20.9. The lowest BCUT2D eigenvalue weighted by Crippen LogP contribution is -2.17. The van der Waals surface area contributed by atoms with Crippen molar-refractivity contribution in [2.75, 3.05) is 5.73 Å². The van der Waals surface area contributed by atoms with Crippen LogP contribution < -0.4 is 10.5 Å². The van der Waals surface area contributed by atoms with Crippen LogP contribution in [0.5, 0.6) is 5.88 Å². The molecule has 0 bridgehead atoms. The van der Waals surface area contributed by atoms with E-state index in [-0.39, 0.29) is 22.0 Å². The fourth-order valence-electron chi connectivity index (χ4n) is 2.57. The van der Waals surface area contributed by atoms with Crippen LogP contribution in [0.25, 0.3) is 0 Å². The van der Waals surface area contributed by atoms with Crippen LogP contribution in [0, 0.1) is 0 Å². The molecule has 0 amide bonds. The molecule has 0 saturated heterocycles. The van der Waals surface area contributed by atoms with Gasteiger partial charge in [-0.2, -0.15) is 8.42 Å². The number of nitrogen functional groups attached to an aromatic ring is 1. The van der Waals surface area contributed by atoms with Crippen LogP contribution in [-0.2, 0) is 15.4 Å². The molecule has 1 heterocycles. The van der Waals surface area contributed by atoms with Crippen LogP contribution in [0.4, 0.5) is 5.82 Å². The highest BCUT2D eigenvalue weighted by Crippen LogP contribution is 2.24. The molecule has 2 N–H and O–H groups in total. The number of nitrogens with two attached hydrogens (primary N) is 1. The zero-order chi connectivity index (χ0) is 21.4. The van der Waals surface area contributed by atoms with Crippen molar-refractivity contribution in [3.05, 3.63) is 70.7 Å². The molecule has 0 atom stereocenters. The summed E-state index contributed by atoms with van der Waals surface area (Å²) in [5.41, 5.74) is 7.11. The second-order valence-electron chi connectivity index (χ2n) is 7.43. The van der Waals surface area contributed by atoms with E-state index < -0.39 is 16.0 Å². The second-order valence-corrected chi connectivity index (χ2v) is 9.63. The van der Waals surface area contributed by atoms with Gasteiger partial charge in [-0.25, -0.2) is 4.79 Å². The zero-order valence-electron chi connectivity index (χ0n) is 16.1. The summed E-state index contributed by atoms with van der Waals surface area (Å²) >= 11 is 5.79. The molecular weight excluding hydrogens is 414 g/mol. The van der Waals surface area contributed by atoms with E-state index in [4.69, 9.17) is 22.1 Å². The standard InChI is InChI=1S/C20H20ClN3O4S/c1-20(2,3)14-6-4-13(5-7-14)19(25)28-18-12-17(22)24(23-18)29(26,27)16-10-8-15(21)9-11-16/h4-12H,22H2,1-3H3. The van der Waals surface area contributed by atoms with Gasteiger partial charge in [-0.1, -0.05) is 44.5 Å². The van der Waals surface area contributed by atoms with E-state index in [1.807, 2.05) is 12.1 Å². The zero-order valence-corrected chi connectivity index (χ0v) is 17.7. The molecule has 0 fully saturated rings. The average Bonchev–Trinajstić information content (AvgIpc) is 3.02. The number of benzene rings is 2. The molecule has 0 spiro atoms. The first-order valence-corrected chi connectivity index (χ1v) is 10.5. The summed E-state index contributed by atoms with van der Waals surface area (Å²) in [7, 11) is -4.06. The summed E-state index contributed by atoms with van der Waals surface area (Å²) in [6.45, 7) is 6.20. The summed E-state index contributed by atoms with van der Waals surface area (Å²) in [5.74, 6) is -1.07. The van der Waals surface area contributed by atoms with Crippen molar-refractivity contribution in [3.8, 4) is 5.88 Å². The van der Waals surface area contributed by atoms with Gasteiger partial charge in [0.15, 0.2) is 0 Å². The molecule has 0 radical (unpaired) electrons. The highest BCUT2D eigenvalue weighted by atomic mass is 35.5. The van der Waals surface area contributed by atoms with E-state index in [1.165, 1.54) is 30.3 Å². The Morgan fingerprint density at radius 1 is 1.07 bits per heavy atom. The van der Waals surface area contributed by atoms with E-state index in [2.05, 4.69) is 25.9 Å². The molecule has 0 aliphatic carbocycles. The van der Waals surface area contributed by atoms with Crippen molar-refractivity contribution in [1.82, 2.24) is 9.19 Å². The number of hydrogen-bond acceptors (Lipinski definition) is 6. The normalized spacial score (nSPS) is 12.0. The van der Waals surface area contributed by atoms with Crippen LogP contribution in [0.3, 0.4) is 0 Å². The van der Waals surface area contributed by atoms with E-state index in [9.17, 15) is 13.2 Å². The third kappa shape index (κ3) is 4.44. The monoisotopic (exact) mass is 433 g/mol. The maximum atomic E-state index is 12.7. The molecule has 9 heteroatoms. The molecule has 2 aromatic carbocycles. The molecule has 0 saturated carbocycles. The van der Waals surface area contributed by atoms with E-state index in [0.717, 1.165) is 5.56 Å². The summed E-state index contributed by atoms with van der Waals surface area (Å²) < 4.78 is 31.2. The number of rotatable bonds is 4. The molecule has 3 aromatic rings. The third-order valence-electron chi connectivity index (χ3n) is 4.20. The van der Waals surface area contributed by atoms with Crippen molar-refractivity contribution in [3.63, 3.8) is 0 Å². The minimum Gasteiger partial charge on any atom is -0.402 e. The summed E-state index contributed by atoms with van der Waals surface area (Å²) in [5, 5.41) is 4.22. The second kappa shape index (κ2) is 7.53. The Kier molecular flexibility index (Phi) is 5.42. The fourth-order valence-corrected chi connectivity index (χ4v) is 3.89. The molecular formula is C20H20ClN3O4S. The van der Waals surface area contributed by atoms with Gasteiger partial charge in [0.25, 0.3) is 10.0 Å². The Labute approximate surface area is 174 Å². The van der Waals surface area contributed by atoms with E-state index >= 15 is 0 Å². The van der Waals surface area contributed by atoms with Gasteiger partial charge in [-0.05, 0) is 47.4 Å². The molecule has 7 nitrogen and oxygen atoms in total. The van der Waals surface area contributed by atoms with E-state index in [1.54, 1.807) is 12.1 Å². The lowest BCUT2D eigenvalue weighted by atomic mass is 9.87. The first-order chi connectivity index (χ1) is 13.5. The molecule has 0 aliphatic rings. The summed E-state index contributed by atoms with van der Waals surface area (Å²) in [6, 6.07) is 13.7. The SMILES string of the molecule is CC(C)(C)c1ccc(C(=O)Oc2cc(N)n(S(=O)(=O)c3ccc(Cl)cc3)n2)cc1. The maximum absolute atomic E-state index is 12.7. The van der Waals surface area contributed by atoms with Crippen LogP contribution in [0.1, 0.15) is 36.7 Å². The Morgan fingerprint density at radius 3 is 2.21 bits per heavy atom. The summed E-state index contributed by atoms with van der Waals surface area (Å²) in [6.07, 6.45) is 0. The van der Waals surface area contributed by atoms with Gasteiger partial charge in [0, 0.05) is 11.1 Å². The third-order valence-corrected chi connectivity index (χ3v) is 6.07. The van der Waals surface area contributed by atoms with Gasteiger partial charge < -0.3 is 10.5 Å². The number of carbonyl (C=O) groups excluding carboxylic acids is 1. The Morgan fingerprint density at radius 2 is 1.66 bits per heavy atom. The number of anilines is 1. The Bertz CT molecular complexity index is 1150. The largest absolute Gasteiger partial charge is 0.402 e. The summed E-state index contributed by atoms with van der Waals surface area (Å²) in [4.78, 5) is 12.3. The first-order valence-electron chi connectivity index (χ1n) is 8.68. The quantitative estimate of drug-likeness (QED) is 0.626. The minimum atomic E-state index is -4.06. The fraction of sp³-hybridized carbons (Fsp3) is 0.200. The van der Waals surface area contributed by atoms with Gasteiger partial charge in [0.1, 0.15) is 5.82 Å². The Hall–Kier alpha value is -2.84. The number of aromatic nitrogens is 2. The minimum absolute atomic E-state index is 0.0488. The number of carbonyl (C=O) groups is 1. The molecule has 0 aliphatic heterocycles. The Balaban J connectivity index is 1.83. The van der Waals surface area contributed by atoms with Crippen molar-refractivity contribution < 1.29 is 17.9 Å². The van der Waals surface area contributed by atoms with Gasteiger partial charge >= 0.3 is 5.97 Å². The van der Waals surface area contributed by atoms with Crippen LogP contribution in [-0.4, -0.2) is 23.6 Å². The topological polar surface area (TPSA) is 104 Å². The van der Waals surface area contributed by atoms with Gasteiger partial charge in [-0.15, -0.1) is 9.19 Å². The van der Waals surface area contributed by atoms with Gasteiger partial charge in [-0.3, -0.25) is 0 Å². The lowest BCUT2D eigenvalue weighted by Gasteiger charge is -2.18. The number of halogens is 1. The van der Waals surface area contributed by atoms with Crippen molar-refractivity contribution in [2.45, 2.75) is 31.1 Å². The predicted molar refractivity (Wildman–Crippen MR) is 111 cm³/mol. The highest BCUT2D eigenvalue weighted by Gasteiger charge is 2.23. The van der Waals surface area contributed by atoms with Crippen molar-refractivity contribution in [2.24, 2.45) is 0 Å². The molecule has 152 valence electrons. The highest BCUT2D eigenvalue weighted by molar-refractivity contribution is 7.90. The molecule has 0 unspecified atom stereocenters. The number of ether oxygens (including phenoxy) is 1. The van der Waals surface area contributed by atoms with Crippen LogP contribution in [0.2, 0.25) is 5.02 Å². The molecule has 29 heavy (non-hydrogen) atoms. The number of hydrogen-bond donors (Lipinski definition) is 1. The molecule has 3 rings (SSSR count).